The van der Waals surface area contributed by atoms with Gasteiger partial charge in [0.2, 0.25) is 5.91 Å². The summed E-state index contributed by atoms with van der Waals surface area (Å²) in [7, 11) is 3.28. The van der Waals surface area contributed by atoms with Crippen LogP contribution in [0.2, 0.25) is 0 Å². The van der Waals surface area contributed by atoms with E-state index in [1.165, 1.54) is 0 Å². The third kappa shape index (κ3) is 2.64. The Morgan fingerprint density at radius 3 is 2.45 bits per heavy atom. The number of amides is 1. The Balaban J connectivity index is 2.12. The lowest BCUT2D eigenvalue weighted by molar-refractivity contribution is -0.119. The molecule has 114 valence electrons. The number of hydrogen-bond donors (Lipinski definition) is 1. The van der Waals surface area contributed by atoms with Gasteiger partial charge in [-0.15, -0.1) is 0 Å². The first-order chi connectivity index (χ1) is 10.7. The van der Waals surface area contributed by atoms with Crippen molar-refractivity contribution in [1.29, 1.82) is 0 Å². The van der Waals surface area contributed by atoms with Gasteiger partial charge in [-0.25, -0.2) is 0 Å². The van der Waals surface area contributed by atoms with Gasteiger partial charge in [-0.1, -0.05) is 30.3 Å². The maximum atomic E-state index is 11.5. The number of carbonyl (C=O) groups excluding carboxylic acids is 1. The lowest BCUT2D eigenvalue weighted by Crippen LogP contribution is -2.13. The molecule has 0 aromatic heterocycles. The predicted molar refractivity (Wildman–Crippen MR) is 85.3 cm³/mol. The topological polar surface area (TPSA) is 47.6 Å². The molecule has 0 radical (unpaired) electrons. The number of ether oxygens (including phenoxy) is 2. The molecular formula is C18H19NO3. The second-order valence-corrected chi connectivity index (χ2v) is 5.38. The molecule has 0 spiro atoms. The van der Waals surface area contributed by atoms with E-state index in [1.54, 1.807) is 14.2 Å². The van der Waals surface area contributed by atoms with Crippen LogP contribution in [0.25, 0.3) is 11.1 Å². The molecule has 1 amide bonds. The van der Waals surface area contributed by atoms with Crippen LogP contribution in [0.4, 0.5) is 0 Å². The summed E-state index contributed by atoms with van der Waals surface area (Å²) < 4.78 is 11.0. The minimum absolute atomic E-state index is 0.0982. The van der Waals surface area contributed by atoms with Gasteiger partial charge in [0.05, 0.1) is 14.2 Å². The summed E-state index contributed by atoms with van der Waals surface area (Å²) in [4.78, 5) is 11.5. The van der Waals surface area contributed by atoms with Crippen LogP contribution in [-0.4, -0.2) is 26.7 Å². The maximum absolute atomic E-state index is 11.5. The monoisotopic (exact) mass is 297 g/mol. The fourth-order valence-electron chi connectivity index (χ4n) is 2.89. The number of nitrogens with one attached hydrogen (secondary N) is 1. The smallest absolute Gasteiger partial charge is 0.220 e. The summed E-state index contributed by atoms with van der Waals surface area (Å²) in [5, 5.41) is 2.88. The standard InChI is InChI=1S/C18H19NO3/c1-21-16-9-13(14-10-17(20)19-11-14)8-15(18(16)22-2)12-6-4-3-5-7-12/h3-9,14H,10-11H2,1-2H3,(H,19,20). The molecule has 0 saturated carbocycles. The minimum atomic E-state index is 0.0982. The van der Waals surface area contributed by atoms with Crippen LogP contribution in [0, 0.1) is 0 Å². The summed E-state index contributed by atoms with van der Waals surface area (Å²) in [6.07, 6.45) is 0.518. The van der Waals surface area contributed by atoms with Gasteiger partial charge in [-0.05, 0) is 23.3 Å². The van der Waals surface area contributed by atoms with Crippen LogP contribution in [-0.2, 0) is 4.79 Å². The van der Waals surface area contributed by atoms with Gasteiger partial charge < -0.3 is 14.8 Å². The van der Waals surface area contributed by atoms with E-state index in [1.807, 2.05) is 36.4 Å². The molecule has 4 nitrogen and oxygen atoms in total. The van der Waals surface area contributed by atoms with Crippen molar-refractivity contribution < 1.29 is 14.3 Å². The zero-order chi connectivity index (χ0) is 15.5. The summed E-state index contributed by atoms with van der Waals surface area (Å²) in [5.41, 5.74) is 3.14. The SMILES string of the molecule is COc1cc(C2CNC(=O)C2)cc(-c2ccccc2)c1OC. The van der Waals surface area contributed by atoms with Crippen LogP contribution in [0.15, 0.2) is 42.5 Å². The molecule has 4 heteroatoms. The highest BCUT2D eigenvalue weighted by molar-refractivity contribution is 5.80. The fourth-order valence-corrected chi connectivity index (χ4v) is 2.89. The average Bonchev–Trinajstić information content (AvgIpc) is 3.00. The molecule has 22 heavy (non-hydrogen) atoms. The first kappa shape index (κ1) is 14.4. The summed E-state index contributed by atoms with van der Waals surface area (Å²) in [6, 6.07) is 14.1. The van der Waals surface area contributed by atoms with Gasteiger partial charge in [0.25, 0.3) is 0 Å². The van der Waals surface area contributed by atoms with E-state index in [0.29, 0.717) is 18.7 Å². The Labute approximate surface area is 130 Å². The van der Waals surface area contributed by atoms with Crippen molar-refractivity contribution in [2.45, 2.75) is 12.3 Å². The van der Waals surface area contributed by atoms with Crippen molar-refractivity contribution in [2.24, 2.45) is 0 Å². The Kier molecular flexibility index (Phi) is 4.00. The van der Waals surface area contributed by atoms with Crippen molar-refractivity contribution in [3.8, 4) is 22.6 Å². The number of benzene rings is 2. The van der Waals surface area contributed by atoms with Gasteiger partial charge in [0.1, 0.15) is 0 Å². The minimum Gasteiger partial charge on any atom is -0.493 e. The van der Waals surface area contributed by atoms with Gasteiger partial charge in [-0.3, -0.25) is 4.79 Å². The van der Waals surface area contributed by atoms with Crippen LogP contribution in [0.3, 0.4) is 0 Å². The Bertz CT molecular complexity index is 682. The quantitative estimate of drug-likeness (QED) is 0.944. The molecule has 0 aliphatic carbocycles. The molecule has 1 atom stereocenters. The highest BCUT2D eigenvalue weighted by Crippen LogP contribution is 2.41. The van der Waals surface area contributed by atoms with Gasteiger partial charge in [0.15, 0.2) is 11.5 Å². The number of methoxy groups -OCH3 is 2. The molecular weight excluding hydrogens is 278 g/mol. The number of rotatable bonds is 4. The molecule has 1 aliphatic heterocycles. The normalized spacial score (nSPS) is 17.2. The molecule has 1 N–H and O–H groups in total. The highest BCUT2D eigenvalue weighted by Gasteiger charge is 2.25. The number of carbonyl (C=O) groups is 1. The molecule has 2 aromatic rings. The third-order valence-electron chi connectivity index (χ3n) is 4.03. The van der Waals surface area contributed by atoms with Crippen molar-refractivity contribution in [3.63, 3.8) is 0 Å². The van der Waals surface area contributed by atoms with Gasteiger partial charge >= 0.3 is 0 Å². The molecule has 1 saturated heterocycles. The van der Waals surface area contributed by atoms with E-state index < -0.39 is 0 Å². The van der Waals surface area contributed by atoms with E-state index in [2.05, 4.69) is 11.4 Å². The van der Waals surface area contributed by atoms with Crippen LogP contribution < -0.4 is 14.8 Å². The van der Waals surface area contributed by atoms with Crippen molar-refractivity contribution in [1.82, 2.24) is 5.32 Å². The van der Waals surface area contributed by atoms with Gasteiger partial charge in [0, 0.05) is 24.4 Å². The lowest BCUT2D eigenvalue weighted by Gasteiger charge is -2.17. The Hall–Kier alpha value is -2.49. The van der Waals surface area contributed by atoms with Crippen LogP contribution in [0.1, 0.15) is 17.9 Å². The molecule has 2 aromatic carbocycles. The van der Waals surface area contributed by atoms with E-state index in [-0.39, 0.29) is 11.8 Å². The van der Waals surface area contributed by atoms with Crippen molar-refractivity contribution in [2.75, 3.05) is 20.8 Å². The second kappa shape index (κ2) is 6.10. The van der Waals surface area contributed by atoms with E-state index in [9.17, 15) is 4.79 Å². The van der Waals surface area contributed by atoms with Crippen molar-refractivity contribution in [3.05, 3.63) is 48.0 Å². The maximum Gasteiger partial charge on any atom is 0.220 e. The first-order valence-corrected chi connectivity index (χ1v) is 7.31. The van der Waals surface area contributed by atoms with Crippen LogP contribution >= 0.6 is 0 Å². The van der Waals surface area contributed by atoms with Crippen molar-refractivity contribution >= 4 is 5.91 Å². The van der Waals surface area contributed by atoms with Crippen LogP contribution in [0.5, 0.6) is 11.5 Å². The first-order valence-electron chi connectivity index (χ1n) is 7.31. The lowest BCUT2D eigenvalue weighted by atomic mass is 9.93. The van der Waals surface area contributed by atoms with E-state index in [0.717, 1.165) is 22.4 Å². The highest BCUT2D eigenvalue weighted by atomic mass is 16.5. The van der Waals surface area contributed by atoms with E-state index in [4.69, 9.17) is 9.47 Å². The average molecular weight is 297 g/mol. The number of hydrogen-bond acceptors (Lipinski definition) is 3. The molecule has 1 aliphatic rings. The van der Waals surface area contributed by atoms with E-state index >= 15 is 0 Å². The summed E-state index contributed by atoms with van der Waals surface area (Å²) >= 11 is 0. The van der Waals surface area contributed by atoms with Gasteiger partial charge in [-0.2, -0.15) is 0 Å². The molecule has 1 unspecified atom stereocenters. The Morgan fingerprint density at radius 1 is 1.09 bits per heavy atom. The Morgan fingerprint density at radius 2 is 1.86 bits per heavy atom. The predicted octanol–water partition coefficient (Wildman–Crippen LogP) is 2.97. The third-order valence-corrected chi connectivity index (χ3v) is 4.03. The molecule has 1 heterocycles. The largest absolute Gasteiger partial charge is 0.493 e. The summed E-state index contributed by atoms with van der Waals surface area (Å²) in [5.74, 6) is 1.68. The summed E-state index contributed by atoms with van der Waals surface area (Å²) in [6.45, 7) is 0.669. The second-order valence-electron chi connectivity index (χ2n) is 5.38. The fraction of sp³-hybridized carbons (Fsp3) is 0.278. The zero-order valence-corrected chi connectivity index (χ0v) is 12.8. The molecule has 0 bridgehead atoms. The molecule has 1 fully saturated rings. The molecule has 3 rings (SSSR count). The zero-order valence-electron chi connectivity index (χ0n) is 12.8.